The highest BCUT2D eigenvalue weighted by atomic mass is 19.1. The molecule has 2 aliphatic rings. The van der Waals surface area contributed by atoms with Crippen molar-refractivity contribution in [3.63, 3.8) is 0 Å². The van der Waals surface area contributed by atoms with Gasteiger partial charge in [0.25, 0.3) is 5.91 Å². The van der Waals surface area contributed by atoms with Crippen LogP contribution in [0.2, 0.25) is 0 Å². The summed E-state index contributed by atoms with van der Waals surface area (Å²) in [5, 5.41) is 2.83. The third kappa shape index (κ3) is 4.43. The molecule has 164 valence electrons. The number of halogens is 1. The molecule has 1 aliphatic carbocycles. The van der Waals surface area contributed by atoms with Crippen LogP contribution in [0.5, 0.6) is 0 Å². The molecule has 1 amide bonds. The summed E-state index contributed by atoms with van der Waals surface area (Å²) in [6, 6.07) is 12.3. The highest BCUT2D eigenvalue weighted by Gasteiger charge is 2.45. The quantitative estimate of drug-likeness (QED) is 0.682. The molecule has 1 saturated heterocycles. The van der Waals surface area contributed by atoms with Crippen LogP contribution in [0, 0.1) is 12.7 Å². The van der Waals surface area contributed by atoms with E-state index < -0.39 is 23.1 Å². The molecule has 0 aromatic heterocycles. The topological polar surface area (TPSA) is 58.6 Å². The zero-order valence-electron chi connectivity index (χ0n) is 18.0. The van der Waals surface area contributed by atoms with Gasteiger partial charge in [-0.1, -0.05) is 31.0 Å². The Morgan fingerprint density at radius 3 is 2.45 bits per heavy atom. The van der Waals surface area contributed by atoms with E-state index in [1.54, 1.807) is 18.2 Å². The van der Waals surface area contributed by atoms with E-state index in [2.05, 4.69) is 16.3 Å². The number of ether oxygens (including phenoxy) is 1. The summed E-state index contributed by atoms with van der Waals surface area (Å²) < 4.78 is 19.8. The van der Waals surface area contributed by atoms with Crippen molar-refractivity contribution in [1.29, 1.82) is 0 Å². The maximum absolute atomic E-state index is 14.4. The van der Waals surface area contributed by atoms with Crippen molar-refractivity contribution in [3.8, 4) is 0 Å². The molecule has 2 fully saturated rings. The largest absolute Gasteiger partial charge is 0.455 e. The molecule has 0 atom stereocenters. The molecule has 2 aromatic carbocycles. The first-order valence-electron chi connectivity index (χ1n) is 11.1. The number of hydrogen-bond donors (Lipinski definition) is 1. The van der Waals surface area contributed by atoms with Crippen LogP contribution < -0.4 is 10.2 Å². The summed E-state index contributed by atoms with van der Waals surface area (Å²) in [6.07, 6.45) is 5.14. The lowest BCUT2D eigenvalue weighted by Gasteiger charge is -2.27. The fraction of sp³-hybridized carbons (Fsp3) is 0.440. The minimum atomic E-state index is -1.00. The number of carbonyl (C=O) groups excluding carboxylic acids is 2. The molecule has 6 heteroatoms. The molecule has 1 heterocycles. The summed E-state index contributed by atoms with van der Waals surface area (Å²) in [5.74, 6) is -1.32. The van der Waals surface area contributed by atoms with Gasteiger partial charge >= 0.3 is 5.97 Å². The van der Waals surface area contributed by atoms with Gasteiger partial charge in [-0.3, -0.25) is 9.59 Å². The van der Waals surface area contributed by atoms with Gasteiger partial charge in [0.05, 0.1) is 5.41 Å². The molecule has 1 aliphatic heterocycles. The van der Waals surface area contributed by atoms with Gasteiger partial charge in [-0.05, 0) is 62.4 Å². The van der Waals surface area contributed by atoms with Crippen molar-refractivity contribution in [2.75, 3.05) is 29.9 Å². The Labute approximate surface area is 182 Å². The van der Waals surface area contributed by atoms with Gasteiger partial charge in [-0.2, -0.15) is 0 Å². The molecule has 0 spiro atoms. The van der Waals surface area contributed by atoms with Crippen LogP contribution in [0.4, 0.5) is 15.8 Å². The molecule has 2 aromatic rings. The minimum Gasteiger partial charge on any atom is -0.455 e. The maximum atomic E-state index is 14.4. The van der Waals surface area contributed by atoms with Gasteiger partial charge in [0.1, 0.15) is 5.82 Å². The number of aryl methyl sites for hydroxylation is 1. The van der Waals surface area contributed by atoms with Gasteiger partial charge in [-0.15, -0.1) is 0 Å². The lowest BCUT2D eigenvalue weighted by Crippen LogP contribution is -2.37. The molecule has 5 nitrogen and oxygen atoms in total. The van der Waals surface area contributed by atoms with E-state index in [-0.39, 0.29) is 6.61 Å². The first-order valence-corrected chi connectivity index (χ1v) is 11.1. The molecular formula is C25H29FN2O3. The van der Waals surface area contributed by atoms with Crippen molar-refractivity contribution in [2.24, 2.45) is 0 Å². The number of benzene rings is 2. The number of nitrogens with one attached hydrogen (secondary N) is 1. The van der Waals surface area contributed by atoms with E-state index >= 15 is 0 Å². The van der Waals surface area contributed by atoms with Crippen LogP contribution >= 0.6 is 0 Å². The van der Waals surface area contributed by atoms with Crippen molar-refractivity contribution in [1.82, 2.24) is 0 Å². The standard InChI is InChI=1S/C25H29FN2O3/c1-18-16-19(28-14-6-7-15-28)10-11-22(18)27-23(29)17-31-24(30)25(12-4-5-13-25)20-8-2-3-9-21(20)26/h2-3,8-11,16H,4-7,12-15,17H2,1H3,(H,27,29). The molecule has 1 N–H and O–H groups in total. The normalized spacial score (nSPS) is 17.5. The maximum Gasteiger partial charge on any atom is 0.317 e. The predicted molar refractivity (Wildman–Crippen MR) is 119 cm³/mol. The summed E-state index contributed by atoms with van der Waals surface area (Å²) in [4.78, 5) is 27.8. The van der Waals surface area contributed by atoms with Crippen molar-refractivity contribution >= 4 is 23.3 Å². The lowest BCUT2D eigenvalue weighted by molar-refractivity contribution is -0.153. The van der Waals surface area contributed by atoms with Crippen LogP contribution in [0.15, 0.2) is 42.5 Å². The Morgan fingerprint density at radius 2 is 1.77 bits per heavy atom. The molecule has 4 rings (SSSR count). The van der Waals surface area contributed by atoms with Gasteiger partial charge in [0, 0.05) is 30.0 Å². The van der Waals surface area contributed by atoms with E-state index in [1.807, 2.05) is 19.1 Å². The smallest absolute Gasteiger partial charge is 0.317 e. The second kappa shape index (κ2) is 9.08. The van der Waals surface area contributed by atoms with Gasteiger partial charge < -0.3 is 15.0 Å². The van der Waals surface area contributed by atoms with Crippen LogP contribution in [0.3, 0.4) is 0 Å². The molecule has 1 saturated carbocycles. The molecular weight excluding hydrogens is 395 g/mol. The Hall–Kier alpha value is -2.89. The number of carbonyl (C=O) groups is 2. The fourth-order valence-corrected chi connectivity index (χ4v) is 4.83. The van der Waals surface area contributed by atoms with Crippen molar-refractivity contribution < 1.29 is 18.7 Å². The van der Waals surface area contributed by atoms with Crippen LogP contribution in [0.25, 0.3) is 0 Å². The zero-order chi connectivity index (χ0) is 21.8. The summed E-state index contributed by atoms with van der Waals surface area (Å²) in [5.41, 5.74) is 2.19. The van der Waals surface area contributed by atoms with Crippen molar-refractivity contribution in [2.45, 2.75) is 50.9 Å². The lowest BCUT2D eigenvalue weighted by atomic mass is 9.78. The SMILES string of the molecule is Cc1cc(N2CCCC2)ccc1NC(=O)COC(=O)C1(c2ccccc2F)CCCC1. The average Bonchev–Trinajstić information content (AvgIpc) is 3.47. The zero-order valence-corrected chi connectivity index (χ0v) is 18.0. The second-order valence-corrected chi connectivity index (χ2v) is 8.59. The van der Waals surface area contributed by atoms with Gasteiger partial charge in [0.2, 0.25) is 0 Å². The average molecular weight is 425 g/mol. The Kier molecular flexibility index (Phi) is 6.25. The van der Waals surface area contributed by atoms with Crippen LogP contribution in [0.1, 0.15) is 49.7 Å². The number of amides is 1. The van der Waals surface area contributed by atoms with Crippen LogP contribution in [-0.2, 0) is 19.7 Å². The van der Waals surface area contributed by atoms with E-state index in [0.29, 0.717) is 24.1 Å². The number of nitrogens with zero attached hydrogens (tertiary/aromatic N) is 1. The summed E-state index contributed by atoms with van der Waals surface area (Å²) in [6.45, 7) is 3.69. The first kappa shape index (κ1) is 21.3. The van der Waals surface area contributed by atoms with Gasteiger partial charge in [0.15, 0.2) is 6.61 Å². The molecule has 0 unspecified atom stereocenters. The Balaban J connectivity index is 1.39. The Bertz CT molecular complexity index is 963. The van der Waals surface area contributed by atoms with E-state index in [4.69, 9.17) is 4.74 Å². The molecule has 0 bridgehead atoms. The fourth-order valence-electron chi connectivity index (χ4n) is 4.83. The van der Waals surface area contributed by atoms with E-state index in [0.717, 1.165) is 37.2 Å². The summed E-state index contributed by atoms with van der Waals surface area (Å²) in [7, 11) is 0. The monoisotopic (exact) mass is 424 g/mol. The third-order valence-electron chi connectivity index (χ3n) is 6.53. The first-order chi connectivity index (χ1) is 15.0. The summed E-state index contributed by atoms with van der Waals surface area (Å²) >= 11 is 0. The Morgan fingerprint density at radius 1 is 1.06 bits per heavy atom. The van der Waals surface area contributed by atoms with Crippen LogP contribution in [-0.4, -0.2) is 31.6 Å². The highest BCUT2D eigenvalue weighted by molar-refractivity contribution is 5.94. The highest BCUT2D eigenvalue weighted by Crippen LogP contribution is 2.43. The molecule has 31 heavy (non-hydrogen) atoms. The predicted octanol–water partition coefficient (Wildman–Crippen LogP) is 4.73. The second-order valence-electron chi connectivity index (χ2n) is 8.59. The number of rotatable bonds is 6. The minimum absolute atomic E-state index is 0.367. The van der Waals surface area contributed by atoms with E-state index in [9.17, 15) is 14.0 Å². The van der Waals surface area contributed by atoms with E-state index in [1.165, 1.54) is 18.9 Å². The number of anilines is 2. The molecule has 0 radical (unpaired) electrons. The van der Waals surface area contributed by atoms with Gasteiger partial charge in [-0.25, -0.2) is 4.39 Å². The number of hydrogen-bond acceptors (Lipinski definition) is 4. The third-order valence-corrected chi connectivity index (χ3v) is 6.53. The van der Waals surface area contributed by atoms with Crippen molar-refractivity contribution in [3.05, 3.63) is 59.4 Å². The number of esters is 1.